The molecule has 168 valence electrons. The number of likely N-dealkylation sites (tertiary alicyclic amines) is 1. The summed E-state index contributed by atoms with van der Waals surface area (Å²) < 4.78 is 0. The number of hydrogen-bond acceptors (Lipinski definition) is 3. The van der Waals surface area contributed by atoms with Crippen molar-refractivity contribution in [1.82, 2.24) is 9.96 Å². The Morgan fingerprint density at radius 1 is 1.12 bits per heavy atom. The van der Waals surface area contributed by atoms with E-state index in [1.807, 2.05) is 12.1 Å². The Labute approximate surface area is 191 Å². The molecule has 4 unspecified atom stereocenters. The van der Waals surface area contributed by atoms with E-state index in [-0.39, 0.29) is 11.3 Å². The van der Waals surface area contributed by atoms with E-state index in [0.717, 1.165) is 0 Å². The van der Waals surface area contributed by atoms with Gasteiger partial charge in [0, 0.05) is 30.6 Å². The van der Waals surface area contributed by atoms with Gasteiger partial charge in [0.05, 0.1) is 7.11 Å². The lowest BCUT2D eigenvalue weighted by molar-refractivity contribution is -0.0757. The van der Waals surface area contributed by atoms with Crippen molar-refractivity contribution in [1.29, 1.82) is 0 Å². The SMILES string of the molecule is CON(C)C(=O)c1ccc(C2CCC(N3CCC4(C=Cc5ccccc54)C(C)C3)C2)cc1. The molecule has 2 aromatic rings. The third-order valence-electron chi connectivity index (χ3n) is 8.33. The third-order valence-corrected chi connectivity index (χ3v) is 8.33. The number of nitrogens with zero attached hydrogens (tertiary/aromatic N) is 2. The number of hydroxylamine groups is 2. The van der Waals surface area contributed by atoms with Crippen LogP contribution < -0.4 is 0 Å². The van der Waals surface area contributed by atoms with Crippen LogP contribution in [0.1, 0.15) is 65.6 Å². The van der Waals surface area contributed by atoms with Gasteiger partial charge in [0.1, 0.15) is 0 Å². The first-order valence-corrected chi connectivity index (χ1v) is 12.0. The van der Waals surface area contributed by atoms with Crippen LogP contribution in [0.4, 0.5) is 0 Å². The molecule has 2 aromatic carbocycles. The van der Waals surface area contributed by atoms with Gasteiger partial charge in [-0.3, -0.25) is 9.63 Å². The van der Waals surface area contributed by atoms with Gasteiger partial charge in [-0.25, -0.2) is 5.06 Å². The molecule has 1 amide bonds. The Morgan fingerprint density at radius 2 is 1.91 bits per heavy atom. The quantitative estimate of drug-likeness (QED) is 0.620. The van der Waals surface area contributed by atoms with Crippen molar-refractivity contribution in [2.24, 2.45) is 5.92 Å². The standard InChI is InChI=1S/C28H34N2O2/c1-20-19-30(17-16-28(20)15-14-22-6-4-5-7-26(22)28)25-13-12-24(18-25)21-8-10-23(11-9-21)27(31)29(2)32-3/h4-11,14-15,20,24-25H,12-13,16-19H2,1-3H3. The minimum atomic E-state index is -0.109. The molecule has 32 heavy (non-hydrogen) atoms. The van der Waals surface area contributed by atoms with Crippen molar-refractivity contribution in [3.8, 4) is 0 Å². The first-order valence-electron chi connectivity index (χ1n) is 12.0. The molecule has 2 aliphatic carbocycles. The molecule has 1 spiro atoms. The molecule has 0 N–H and O–H groups in total. The Hall–Kier alpha value is -2.43. The predicted octanol–water partition coefficient (Wildman–Crippen LogP) is 5.26. The monoisotopic (exact) mass is 430 g/mol. The van der Waals surface area contributed by atoms with Crippen LogP contribution in [0.5, 0.6) is 0 Å². The minimum Gasteiger partial charge on any atom is -0.300 e. The van der Waals surface area contributed by atoms with E-state index in [2.05, 4.69) is 60.4 Å². The number of carbonyl (C=O) groups excluding carboxylic acids is 1. The number of piperidine rings is 1. The van der Waals surface area contributed by atoms with E-state index in [9.17, 15) is 4.79 Å². The summed E-state index contributed by atoms with van der Waals surface area (Å²) in [5.74, 6) is 1.10. The smallest absolute Gasteiger partial charge is 0.277 e. The van der Waals surface area contributed by atoms with Gasteiger partial charge in [-0.1, -0.05) is 55.5 Å². The number of allylic oxidation sites excluding steroid dienone is 1. The summed E-state index contributed by atoms with van der Waals surface area (Å²) in [6, 6.07) is 17.8. The van der Waals surface area contributed by atoms with Crippen molar-refractivity contribution < 1.29 is 9.63 Å². The van der Waals surface area contributed by atoms with Gasteiger partial charge >= 0.3 is 0 Å². The summed E-state index contributed by atoms with van der Waals surface area (Å²) in [6.07, 6.45) is 9.76. The van der Waals surface area contributed by atoms with Crippen molar-refractivity contribution in [2.75, 3.05) is 27.2 Å². The molecule has 1 heterocycles. The molecule has 4 nitrogen and oxygen atoms in total. The Kier molecular flexibility index (Phi) is 5.68. The number of hydrogen-bond donors (Lipinski definition) is 0. The van der Waals surface area contributed by atoms with Crippen LogP contribution in [-0.2, 0) is 10.3 Å². The maximum absolute atomic E-state index is 12.3. The molecule has 0 radical (unpaired) electrons. The molecule has 0 aromatic heterocycles. The summed E-state index contributed by atoms with van der Waals surface area (Å²) in [5, 5.41) is 1.27. The van der Waals surface area contributed by atoms with E-state index in [1.54, 1.807) is 7.05 Å². The van der Waals surface area contributed by atoms with E-state index in [1.165, 1.54) is 67.6 Å². The van der Waals surface area contributed by atoms with Crippen LogP contribution in [0.15, 0.2) is 54.6 Å². The molecule has 1 saturated carbocycles. The largest absolute Gasteiger partial charge is 0.300 e. The zero-order chi connectivity index (χ0) is 22.3. The Bertz CT molecular complexity index is 1010. The zero-order valence-electron chi connectivity index (χ0n) is 19.5. The van der Waals surface area contributed by atoms with Crippen LogP contribution in [-0.4, -0.2) is 49.2 Å². The second-order valence-corrected chi connectivity index (χ2v) is 9.88. The van der Waals surface area contributed by atoms with Gasteiger partial charge in [0.2, 0.25) is 0 Å². The highest BCUT2D eigenvalue weighted by molar-refractivity contribution is 5.93. The maximum atomic E-state index is 12.3. The summed E-state index contributed by atoms with van der Waals surface area (Å²) in [5.41, 5.74) is 5.20. The van der Waals surface area contributed by atoms with E-state index in [4.69, 9.17) is 4.84 Å². The number of carbonyl (C=O) groups is 1. The minimum absolute atomic E-state index is 0.109. The first-order chi connectivity index (χ1) is 15.5. The number of fused-ring (bicyclic) bond motifs is 2. The molecule has 5 rings (SSSR count). The Balaban J connectivity index is 1.23. The van der Waals surface area contributed by atoms with E-state index < -0.39 is 0 Å². The van der Waals surface area contributed by atoms with Crippen LogP contribution in [0.25, 0.3) is 6.08 Å². The summed E-state index contributed by atoms with van der Waals surface area (Å²) >= 11 is 0. The highest BCUT2D eigenvalue weighted by atomic mass is 16.7. The molecule has 4 atom stereocenters. The van der Waals surface area contributed by atoms with Crippen LogP contribution in [0, 0.1) is 5.92 Å². The van der Waals surface area contributed by atoms with E-state index >= 15 is 0 Å². The van der Waals surface area contributed by atoms with Gasteiger partial charge in [-0.05, 0) is 72.9 Å². The normalized spacial score (nSPS) is 29.4. The van der Waals surface area contributed by atoms with Crippen molar-refractivity contribution in [3.05, 3.63) is 76.9 Å². The topological polar surface area (TPSA) is 32.8 Å². The van der Waals surface area contributed by atoms with Gasteiger partial charge < -0.3 is 4.90 Å². The molecular weight excluding hydrogens is 396 g/mol. The molecule has 1 aliphatic heterocycles. The molecule has 0 bridgehead atoms. The number of amides is 1. The molecule has 1 saturated heterocycles. The summed E-state index contributed by atoms with van der Waals surface area (Å²) in [7, 11) is 3.15. The van der Waals surface area contributed by atoms with Crippen LogP contribution in [0.3, 0.4) is 0 Å². The second kappa shape index (κ2) is 8.49. The van der Waals surface area contributed by atoms with Crippen LogP contribution in [0.2, 0.25) is 0 Å². The molecular formula is C28H34N2O2. The van der Waals surface area contributed by atoms with Crippen molar-refractivity contribution >= 4 is 12.0 Å². The highest BCUT2D eigenvalue weighted by Crippen LogP contribution is 2.48. The lowest BCUT2D eigenvalue weighted by Gasteiger charge is -2.46. The molecule has 3 aliphatic rings. The van der Waals surface area contributed by atoms with Gasteiger partial charge in [-0.15, -0.1) is 0 Å². The van der Waals surface area contributed by atoms with Gasteiger partial charge in [-0.2, -0.15) is 0 Å². The second-order valence-electron chi connectivity index (χ2n) is 9.88. The lowest BCUT2D eigenvalue weighted by atomic mass is 9.68. The van der Waals surface area contributed by atoms with Gasteiger partial charge in [0.25, 0.3) is 5.91 Å². The number of benzene rings is 2. The summed E-state index contributed by atoms with van der Waals surface area (Å²) in [6.45, 7) is 4.79. The molecule has 2 fully saturated rings. The summed E-state index contributed by atoms with van der Waals surface area (Å²) in [4.78, 5) is 20.0. The predicted molar refractivity (Wildman–Crippen MR) is 128 cm³/mol. The maximum Gasteiger partial charge on any atom is 0.277 e. The van der Waals surface area contributed by atoms with Crippen molar-refractivity contribution in [2.45, 2.75) is 50.0 Å². The first kappa shape index (κ1) is 21.4. The fraction of sp³-hybridized carbons (Fsp3) is 0.464. The lowest BCUT2D eigenvalue weighted by Crippen LogP contribution is -2.50. The number of rotatable bonds is 4. The fourth-order valence-electron chi connectivity index (χ4n) is 6.31. The highest BCUT2D eigenvalue weighted by Gasteiger charge is 2.45. The van der Waals surface area contributed by atoms with Crippen molar-refractivity contribution in [3.63, 3.8) is 0 Å². The Morgan fingerprint density at radius 3 is 2.66 bits per heavy atom. The average Bonchev–Trinajstić information content (AvgIpc) is 3.47. The molecule has 4 heteroatoms. The van der Waals surface area contributed by atoms with Crippen LogP contribution >= 0.6 is 0 Å². The third kappa shape index (κ3) is 3.60. The van der Waals surface area contributed by atoms with Gasteiger partial charge in [0.15, 0.2) is 0 Å². The zero-order valence-corrected chi connectivity index (χ0v) is 19.5. The fourth-order valence-corrected chi connectivity index (χ4v) is 6.31. The average molecular weight is 431 g/mol. The van der Waals surface area contributed by atoms with E-state index in [0.29, 0.717) is 23.4 Å².